The Morgan fingerprint density at radius 1 is 1.08 bits per heavy atom. The van der Waals surface area contributed by atoms with Gasteiger partial charge in [-0.3, -0.25) is 19.4 Å². The molecular formula is C31H32N2O6. The first-order valence-corrected chi connectivity index (χ1v) is 12.9. The number of hydrogen-bond acceptors (Lipinski definition) is 7. The third-order valence-electron chi connectivity index (χ3n) is 7.49. The van der Waals surface area contributed by atoms with Crippen molar-refractivity contribution in [3.8, 4) is 11.8 Å². The van der Waals surface area contributed by atoms with Crippen molar-refractivity contribution in [3.63, 3.8) is 0 Å². The molecule has 4 rings (SSSR count). The van der Waals surface area contributed by atoms with Crippen molar-refractivity contribution in [1.29, 1.82) is 0 Å². The average molecular weight is 529 g/mol. The molecule has 39 heavy (non-hydrogen) atoms. The van der Waals surface area contributed by atoms with Gasteiger partial charge in [0, 0.05) is 37.7 Å². The van der Waals surface area contributed by atoms with E-state index in [1.807, 2.05) is 26.0 Å². The molecule has 0 unspecified atom stereocenters. The molecule has 202 valence electrons. The van der Waals surface area contributed by atoms with E-state index in [1.54, 1.807) is 30.0 Å². The van der Waals surface area contributed by atoms with Crippen molar-refractivity contribution in [1.82, 2.24) is 9.88 Å². The fourth-order valence-corrected chi connectivity index (χ4v) is 5.61. The molecule has 1 aliphatic carbocycles. The van der Waals surface area contributed by atoms with Crippen LogP contribution in [0.4, 0.5) is 4.79 Å². The fourth-order valence-electron chi connectivity index (χ4n) is 5.61. The van der Waals surface area contributed by atoms with Crippen LogP contribution in [-0.2, 0) is 19.1 Å². The Morgan fingerprint density at radius 3 is 2.36 bits per heavy atom. The zero-order valence-electron chi connectivity index (χ0n) is 22.8. The first-order chi connectivity index (χ1) is 18.7. The van der Waals surface area contributed by atoms with Gasteiger partial charge in [0.05, 0.1) is 19.1 Å². The standard InChI is InChI=1S/C31H32N2O6/c1-5-8-22-15-20(2)28(21(3)16-22)29-25(35)18-31(19-26(29)39-30(37)38-4)10-13-33(14-11-31)27(36)17-24(34)23-9-6-7-12-32-23/h6-7,9,12,15-16H,10-11,13-14,17-19H2,1-4H3. The Hall–Kier alpha value is -4.25. The summed E-state index contributed by atoms with van der Waals surface area (Å²) in [6.07, 6.45) is 2.14. The highest BCUT2D eigenvalue weighted by atomic mass is 16.7. The lowest BCUT2D eigenvalue weighted by molar-refractivity contribution is -0.133. The molecule has 0 saturated carbocycles. The summed E-state index contributed by atoms with van der Waals surface area (Å²) in [6.45, 7) is 6.42. The summed E-state index contributed by atoms with van der Waals surface area (Å²) in [4.78, 5) is 57.0. The summed E-state index contributed by atoms with van der Waals surface area (Å²) in [7, 11) is 1.23. The maximum absolute atomic E-state index is 13.7. The summed E-state index contributed by atoms with van der Waals surface area (Å²) in [5, 5.41) is 0. The highest BCUT2D eigenvalue weighted by Crippen LogP contribution is 2.48. The van der Waals surface area contributed by atoms with Crippen LogP contribution in [0.1, 0.15) is 71.8 Å². The first kappa shape index (κ1) is 27.8. The van der Waals surface area contributed by atoms with Gasteiger partial charge in [0.2, 0.25) is 5.91 Å². The van der Waals surface area contributed by atoms with Gasteiger partial charge < -0.3 is 14.4 Å². The minimum atomic E-state index is -0.878. The summed E-state index contributed by atoms with van der Waals surface area (Å²) in [5.41, 5.74) is 3.55. The number of methoxy groups -OCH3 is 1. The number of Topliss-reactive ketones (excluding diaryl/α,β-unsaturated/α-hetero) is 2. The normalized spacial score (nSPS) is 16.4. The second-order valence-corrected chi connectivity index (χ2v) is 10.2. The number of rotatable bonds is 5. The maximum Gasteiger partial charge on any atom is 0.513 e. The lowest BCUT2D eigenvalue weighted by Gasteiger charge is -2.44. The second kappa shape index (κ2) is 11.6. The minimum absolute atomic E-state index is 0.106. The number of ether oxygens (including phenoxy) is 2. The molecule has 0 radical (unpaired) electrons. The molecule has 0 atom stereocenters. The third-order valence-corrected chi connectivity index (χ3v) is 7.49. The van der Waals surface area contributed by atoms with Crippen molar-refractivity contribution < 1.29 is 28.7 Å². The molecule has 1 aliphatic heterocycles. The van der Waals surface area contributed by atoms with E-state index in [-0.39, 0.29) is 36.0 Å². The Labute approximate surface area is 228 Å². The van der Waals surface area contributed by atoms with Crippen molar-refractivity contribution in [3.05, 3.63) is 70.2 Å². The monoisotopic (exact) mass is 528 g/mol. The lowest BCUT2D eigenvalue weighted by Crippen LogP contribution is -2.46. The van der Waals surface area contributed by atoms with Crippen LogP contribution in [0.5, 0.6) is 0 Å². The van der Waals surface area contributed by atoms with E-state index >= 15 is 0 Å². The smallest absolute Gasteiger partial charge is 0.437 e. The molecule has 1 spiro atoms. The number of pyridine rings is 1. The van der Waals surface area contributed by atoms with Gasteiger partial charge in [-0.25, -0.2) is 4.79 Å². The molecule has 2 aliphatic rings. The number of amides is 1. The molecular weight excluding hydrogens is 496 g/mol. The summed E-state index contributed by atoms with van der Waals surface area (Å²) >= 11 is 0. The van der Waals surface area contributed by atoms with E-state index in [2.05, 4.69) is 16.8 Å². The number of ketones is 2. The van der Waals surface area contributed by atoms with Crippen LogP contribution in [0.2, 0.25) is 0 Å². The maximum atomic E-state index is 13.7. The van der Waals surface area contributed by atoms with Gasteiger partial charge in [0.15, 0.2) is 11.6 Å². The number of aromatic nitrogens is 1. The lowest BCUT2D eigenvalue weighted by atomic mass is 9.66. The van der Waals surface area contributed by atoms with Crippen molar-refractivity contribution in [2.24, 2.45) is 5.41 Å². The molecule has 1 aromatic heterocycles. The van der Waals surface area contributed by atoms with Crippen molar-refractivity contribution in [2.75, 3.05) is 20.2 Å². The Bertz CT molecular complexity index is 1380. The van der Waals surface area contributed by atoms with Crippen LogP contribution >= 0.6 is 0 Å². The van der Waals surface area contributed by atoms with Gasteiger partial charge in [-0.1, -0.05) is 12.0 Å². The predicted octanol–water partition coefficient (Wildman–Crippen LogP) is 4.81. The number of likely N-dealkylation sites (tertiary alicyclic amines) is 1. The molecule has 1 fully saturated rings. The van der Waals surface area contributed by atoms with Crippen LogP contribution in [-0.4, -0.2) is 53.7 Å². The number of aryl methyl sites for hydroxylation is 2. The predicted molar refractivity (Wildman–Crippen MR) is 145 cm³/mol. The number of carbonyl (C=O) groups is 4. The van der Waals surface area contributed by atoms with Crippen molar-refractivity contribution >= 4 is 29.2 Å². The minimum Gasteiger partial charge on any atom is -0.437 e. The zero-order chi connectivity index (χ0) is 28.2. The molecule has 1 aromatic carbocycles. The van der Waals surface area contributed by atoms with Gasteiger partial charge in [-0.15, -0.1) is 5.92 Å². The fraction of sp³-hybridized carbons (Fsp3) is 0.387. The number of nitrogens with zero attached hydrogens (tertiary/aromatic N) is 2. The topological polar surface area (TPSA) is 103 Å². The van der Waals surface area contributed by atoms with Gasteiger partial charge in [0.25, 0.3) is 0 Å². The second-order valence-electron chi connectivity index (χ2n) is 10.2. The molecule has 0 bridgehead atoms. The van der Waals surface area contributed by atoms with Crippen LogP contribution in [0.25, 0.3) is 5.57 Å². The van der Waals surface area contributed by atoms with E-state index in [1.165, 1.54) is 13.3 Å². The van der Waals surface area contributed by atoms with E-state index in [4.69, 9.17) is 9.47 Å². The molecule has 2 aromatic rings. The van der Waals surface area contributed by atoms with Gasteiger partial charge >= 0.3 is 6.16 Å². The van der Waals surface area contributed by atoms with E-state index in [0.29, 0.717) is 43.7 Å². The van der Waals surface area contributed by atoms with Gasteiger partial charge in [-0.2, -0.15) is 0 Å². The van der Waals surface area contributed by atoms with E-state index < -0.39 is 11.6 Å². The Balaban J connectivity index is 1.56. The van der Waals surface area contributed by atoms with Crippen molar-refractivity contribution in [2.45, 2.75) is 52.9 Å². The molecule has 1 amide bonds. The molecule has 1 saturated heterocycles. The highest BCUT2D eigenvalue weighted by Gasteiger charge is 2.45. The number of carbonyl (C=O) groups excluding carboxylic acids is 4. The average Bonchev–Trinajstić information content (AvgIpc) is 2.90. The van der Waals surface area contributed by atoms with Gasteiger partial charge in [-0.05, 0) is 80.0 Å². The van der Waals surface area contributed by atoms with E-state index in [9.17, 15) is 19.2 Å². The Kier molecular flexibility index (Phi) is 8.29. The summed E-state index contributed by atoms with van der Waals surface area (Å²) in [5.74, 6) is 5.55. The largest absolute Gasteiger partial charge is 0.513 e. The van der Waals surface area contributed by atoms with Crippen LogP contribution in [0.15, 0.2) is 42.3 Å². The SMILES string of the molecule is CC#Cc1cc(C)c(C2=C(OC(=O)OC)CC3(CCN(C(=O)CC(=O)c4ccccn4)CC3)CC2=O)c(C)c1. The quantitative estimate of drug-likeness (QED) is 0.238. The number of piperidine rings is 1. The summed E-state index contributed by atoms with van der Waals surface area (Å²) < 4.78 is 10.4. The Morgan fingerprint density at radius 2 is 1.77 bits per heavy atom. The first-order valence-electron chi connectivity index (χ1n) is 12.9. The van der Waals surface area contributed by atoms with Crippen LogP contribution in [0, 0.1) is 31.1 Å². The summed E-state index contributed by atoms with van der Waals surface area (Å²) in [6, 6.07) is 8.87. The number of benzene rings is 1. The van der Waals surface area contributed by atoms with Crippen LogP contribution in [0.3, 0.4) is 0 Å². The molecule has 8 heteroatoms. The third kappa shape index (κ3) is 6.09. The molecule has 2 heterocycles. The van der Waals surface area contributed by atoms with Crippen LogP contribution < -0.4 is 0 Å². The highest BCUT2D eigenvalue weighted by molar-refractivity contribution is 6.23. The molecule has 8 nitrogen and oxygen atoms in total. The zero-order valence-corrected chi connectivity index (χ0v) is 22.8. The number of hydrogen-bond donors (Lipinski definition) is 0. The van der Waals surface area contributed by atoms with Gasteiger partial charge in [0.1, 0.15) is 11.5 Å². The number of allylic oxidation sites excluding steroid dienone is 2. The van der Waals surface area contributed by atoms with E-state index in [0.717, 1.165) is 22.3 Å². The molecule has 0 N–H and O–H groups in total.